The first-order chi connectivity index (χ1) is 8.16. The van der Waals surface area contributed by atoms with Crippen LogP contribution in [-0.4, -0.2) is 20.7 Å². The second-order valence-electron chi connectivity index (χ2n) is 3.62. The van der Waals surface area contributed by atoms with E-state index in [1.165, 1.54) is 4.68 Å². The zero-order chi connectivity index (χ0) is 12.3. The fourth-order valence-corrected chi connectivity index (χ4v) is 1.48. The van der Waals surface area contributed by atoms with Crippen LogP contribution in [0.3, 0.4) is 0 Å². The number of nitrogens with two attached hydrogens (primary N) is 1. The van der Waals surface area contributed by atoms with Gasteiger partial charge < -0.3 is 11.1 Å². The summed E-state index contributed by atoms with van der Waals surface area (Å²) >= 11 is 0. The third-order valence-corrected chi connectivity index (χ3v) is 2.31. The van der Waals surface area contributed by atoms with Gasteiger partial charge in [0.25, 0.3) is 5.91 Å². The van der Waals surface area contributed by atoms with E-state index in [0.29, 0.717) is 18.1 Å². The third kappa shape index (κ3) is 2.60. The first kappa shape index (κ1) is 11.1. The molecule has 0 spiro atoms. The van der Waals surface area contributed by atoms with E-state index in [1.807, 2.05) is 12.1 Å². The number of aryl methyl sites for hydroxylation is 1. The number of nitrogens with zero attached hydrogens (tertiary/aromatic N) is 3. The number of amides is 1. The molecule has 0 atom stereocenters. The van der Waals surface area contributed by atoms with Gasteiger partial charge in [-0.15, -0.1) is 0 Å². The highest BCUT2D eigenvalue weighted by molar-refractivity contribution is 5.93. The maximum absolute atomic E-state index is 11.8. The van der Waals surface area contributed by atoms with Crippen LogP contribution < -0.4 is 11.1 Å². The molecule has 2 aromatic rings. The van der Waals surface area contributed by atoms with Crippen molar-refractivity contribution in [3.63, 3.8) is 0 Å². The minimum Gasteiger partial charge on any atom is -0.382 e. The number of carbonyl (C=O) groups excluding carboxylic acids is 1. The number of carbonyl (C=O) groups is 1. The van der Waals surface area contributed by atoms with Gasteiger partial charge in [-0.25, -0.2) is 0 Å². The normalized spacial score (nSPS) is 10.2. The van der Waals surface area contributed by atoms with E-state index in [1.54, 1.807) is 25.5 Å². The van der Waals surface area contributed by atoms with Crippen molar-refractivity contribution in [1.82, 2.24) is 20.1 Å². The standard InChI is InChI=1S/C11H13N5O/c1-16-9(5-10(12)15-16)11(17)14-7-8-3-2-4-13-6-8/h2-6H,7H2,1H3,(H2,12,15)(H,14,17). The van der Waals surface area contributed by atoms with Crippen molar-refractivity contribution < 1.29 is 4.79 Å². The van der Waals surface area contributed by atoms with Crippen molar-refractivity contribution >= 4 is 11.7 Å². The van der Waals surface area contributed by atoms with E-state index in [4.69, 9.17) is 5.73 Å². The summed E-state index contributed by atoms with van der Waals surface area (Å²) in [6.07, 6.45) is 3.39. The molecule has 2 rings (SSSR count). The Morgan fingerprint density at radius 3 is 3.00 bits per heavy atom. The summed E-state index contributed by atoms with van der Waals surface area (Å²) in [5.74, 6) is 0.125. The van der Waals surface area contributed by atoms with Crippen LogP contribution >= 0.6 is 0 Å². The summed E-state index contributed by atoms with van der Waals surface area (Å²) in [7, 11) is 1.68. The van der Waals surface area contributed by atoms with Crippen LogP contribution in [0.2, 0.25) is 0 Å². The molecule has 0 unspecified atom stereocenters. The molecule has 0 fully saturated rings. The molecular weight excluding hydrogens is 218 g/mol. The lowest BCUT2D eigenvalue weighted by Gasteiger charge is -2.04. The fraction of sp³-hybridized carbons (Fsp3) is 0.182. The maximum atomic E-state index is 11.8. The van der Waals surface area contributed by atoms with Gasteiger partial charge in [0.05, 0.1) is 0 Å². The molecule has 0 aliphatic heterocycles. The monoisotopic (exact) mass is 231 g/mol. The quantitative estimate of drug-likeness (QED) is 0.797. The van der Waals surface area contributed by atoms with Crippen molar-refractivity contribution in [2.75, 3.05) is 5.73 Å². The molecule has 6 nitrogen and oxygen atoms in total. The van der Waals surface area contributed by atoms with Crippen molar-refractivity contribution in [2.24, 2.45) is 7.05 Å². The molecule has 0 aromatic carbocycles. The van der Waals surface area contributed by atoms with E-state index < -0.39 is 0 Å². The Kier molecular flexibility index (Phi) is 3.04. The summed E-state index contributed by atoms with van der Waals surface area (Å²) < 4.78 is 1.45. The van der Waals surface area contributed by atoms with Gasteiger partial charge in [0.2, 0.25) is 0 Å². The molecule has 0 bridgehead atoms. The van der Waals surface area contributed by atoms with Crippen LogP contribution in [0.5, 0.6) is 0 Å². The Morgan fingerprint density at radius 1 is 1.59 bits per heavy atom. The van der Waals surface area contributed by atoms with E-state index >= 15 is 0 Å². The highest BCUT2D eigenvalue weighted by Gasteiger charge is 2.11. The average molecular weight is 231 g/mol. The van der Waals surface area contributed by atoms with Crippen LogP contribution in [0.25, 0.3) is 0 Å². The Balaban J connectivity index is 2.01. The number of nitrogens with one attached hydrogen (secondary N) is 1. The molecule has 0 aliphatic rings. The number of hydrogen-bond donors (Lipinski definition) is 2. The number of aromatic nitrogens is 3. The highest BCUT2D eigenvalue weighted by atomic mass is 16.2. The van der Waals surface area contributed by atoms with Crippen LogP contribution in [0, 0.1) is 0 Å². The molecule has 88 valence electrons. The van der Waals surface area contributed by atoms with Gasteiger partial charge in [-0.3, -0.25) is 14.5 Å². The number of hydrogen-bond acceptors (Lipinski definition) is 4. The average Bonchev–Trinajstić information content (AvgIpc) is 2.67. The van der Waals surface area contributed by atoms with Crippen LogP contribution in [-0.2, 0) is 13.6 Å². The lowest BCUT2D eigenvalue weighted by molar-refractivity contribution is 0.0941. The molecule has 1 amide bonds. The SMILES string of the molecule is Cn1nc(N)cc1C(=O)NCc1cccnc1. The van der Waals surface area contributed by atoms with Crippen molar-refractivity contribution in [1.29, 1.82) is 0 Å². The Morgan fingerprint density at radius 2 is 2.41 bits per heavy atom. The minimum absolute atomic E-state index is 0.208. The van der Waals surface area contributed by atoms with Crippen LogP contribution in [0.1, 0.15) is 16.1 Å². The maximum Gasteiger partial charge on any atom is 0.269 e. The fourth-order valence-electron chi connectivity index (χ4n) is 1.48. The topological polar surface area (TPSA) is 85.8 Å². The first-order valence-corrected chi connectivity index (χ1v) is 5.13. The van der Waals surface area contributed by atoms with Crippen molar-refractivity contribution in [2.45, 2.75) is 6.54 Å². The number of nitrogen functional groups attached to an aromatic ring is 1. The molecule has 3 N–H and O–H groups in total. The Hall–Kier alpha value is -2.37. The van der Waals surface area contributed by atoms with E-state index in [9.17, 15) is 4.79 Å². The second kappa shape index (κ2) is 4.65. The molecule has 17 heavy (non-hydrogen) atoms. The second-order valence-corrected chi connectivity index (χ2v) is 3.62. The summed E-state index contributed by atoms with van der Waals surface area (Å²) in [5.41, 5.74) is 6.88. The van der Waals surface area contributed by atoms with E-state index in [2.05, 4.69) is 15.4 Å². The van der Waals surface area contributed by atoms with Crippen LogP contribution in [0.15, 0.2) is 30.6 Å². The van der Waals surface area contributed by atoms with Gasteiger partial charge in [-0.05, 0) is 11.6 Å². The largest absolute Gasteiger partial charge is 0.382 e. The van der Waals surface area contributed by atoms with Gasteiger partial charge in [0.15, 0.2) is 0 Å². The summed E-state index contributed by atoms with van der Waals surface area (Å²) in [6, 6.07) is 5.26. The predicted molar refractivity (Wildman–Crippen MR) is 63.0 cm³/mol. The third-order valence-electron chi connectivity index (χ3n) is 2.31. The van der Waals surface area contributed by atoms with E-state index in [-0.39, 0.29) is 5.91 Å². The van der Waals surface area contributed by atoms with E-state index in [0.717, 1.165) is 5.56 Å². The van der Waals surface area contributed by atoms with Gasteiger partial charge in [0.1, 0.15) is 11.5 Å². The number of anilines is 1. The summed E-state index contributed by atoms with van der Waals surface area (Å²) in [6.45, 7) is 0.428. The van der Waals surface area contributed by atoms with Crippen LogP contribution in [0.4, 0.5) is 5.82 Å². The lowest BCUT2D eigenvalue weighted by atomic mass is 10.3. The molecule has 0 aliphatic carbocycles. The van der Waals surface area contributed by atoms with Gasteiger partial charge in [-0.2, -0.15) is 5.10 Å². The molecule has 0 saturated carbocycles. The predicted octanol–water partition coefficient (Wildman–Crippen LogP) is 0.327. The molecule has 0 radical (unpaired) electrons. The molecule has 0 saturated heterocycles. The van der Waals surface area contributed by atoms with Gasteiger partial charge in [-0.1, -0.05) is 6.07 Å². The summed E-state index contributed by atoms with van der Waals surface area (Å²) in [5, 5.41) is 6.68. The Labute approximate surface area is 98.5 Å². The molecule has 2 aromatic heterocycles. The zero-order valence-corrected chi connectivity index (χ0v) is 9.42. The summed E-state index contributed by atoms with van der Waals surface area (Å²) in [4.78, 5) is 15.8. The number of pyridine rings is 1. The zero-order valence-electron chi connectivity index (χ0n) is 9.42. The molecule has 6 heteroatoms. The smallest absolute Gasteiger partial charge is 0.269 e. The lowest BCUT2D eigenvalue weighted by Crippen LogP contribution is -2.25. The minimum atomic E-state index is -0.208. The van der Waals surface area contributed by atoms with Gasteiger partial charge >= 0.3 is 0 Å². The molecule has 2 heterocycles. The molecular formula is C11H13N5O. The highest BCUT2D eigenvalue weighted by Crippen LogP contribution is 2.04. The van der Waals surface area contributed by atoms with Gasteiger partial charge in [0, 0.05) is 32.1 Å². The first-order valence-electron chi connectivity index (χ1n) is 5.13. The van der Waals surface area contributed by atoms with Crippen molar-refractivity contribution in [3.05, 3.63) is 41.9 Å². The van der Waals surface area contributed by atoms with Crippen molar-refractivity contribution in [3.8, 4) is 0 Å². The Bertz CT molecular complexity index is 520. The number of rotatable bonds is 3.